The number of azo groups is 2. The molecule has 0 amide bonds. The Kier molecular flexibility index (Phi) is 5.94. The van der Waals surface area contributed by atoms with Gasteiger partial charge in [0.15, 0.2) is 5.69 Å². The van der Waals surface area contributed by atoms with Crippen LogP contribution in [-0.4, -0.2) is 36.1 Å². The molecule has 0 bridgehead atoms. The van der Waals surface area contributed by atoms with Crippen LogP contribution in [0.3, 0.4) is 0 Å². The molecule has 0 spiro atoms. The van der Waals surface area contributed by atoms with Crippen molar-refractivity contribution in [3.8, 4) is 0 Å². The molecule has 0 aliphatic heterocycles. The molecule has 0 aliphatic rings. The molecule has 0 fully saturated rings. The molecule has 3 aromatic rings. The second-order valence-corrected chi connectivity index (χ2v) is 8.73. The minimum atomic E-state index is -4.97. The van der Waals surface area contributed by atoms with Gasteiger partial charge in [0.1, 0.15) is 25.9 Å². The van der Waals surface area contributed by atoms with Gasteiger partial charge < -0.3 is 14.2 Å². The Bertz CT molecular complexity index is 1450. The quantitative estimate of drug-likeness (QED) is 0.410. The second kappa shape index (κ2) is 8.31. The van der Waals surface area contributed by atoms with Gasteiger partial charge in [-0.1, -0.05) is 0 Å². The highest BCUT2D eigenvalue weighted by molar-refractivity contribution is 7.86. The summed E-state index contributed by atoms with van der Waals surface area (Å²) in [4.78, 5) is 10.4. The Morgan fingerprint density at radius 3 is 1.94 bits per heavy atom. The molecule has 0 atom stereocenters. The number of nitrogens with one attached hydrogen (secondary N) is 2. The van der Waals surface area contributed by atoms with E-state index in [-0.39, 0.29) is 22.7 Å². The van der Waals surface area contributed by atoms with Crippen LogP contribution >= 0.6 is 0 Å². The van der Waals surface area contributed by atoms with E-state index >= 15 is 0 Å². The summed E-state index contributed by atoms with van der Waals surface area (Å²) in [6, 6.07) is 7.91. The maximum Gasteiger partial charge on any atom is 0.291 e. The molecular formula is C16H12N6O7S2-2. The van der Waals surface area contributed by atoms with Crippen LogP contribution in [0.1, 0.15) is 5.69 Å². The van der Waals surface area contributed by atoms with E-state index in [1.54, 1.807) is 6.92 Å². The molecule has 2 aromatic carbocycles. The Labute approximate surface area is 175 Å². The average molecular weight is 464 g/mol. The number of nitrogens with zero attached hydrogens (tertiary/aromatic N) is 4. The second-order valence-electron chi connectivity index (χ2n) is 6.01. The third kappa shape index (κ3) is 5.34. The summed E-state index contributed by atoms with van der Waals surface area (Å²) >= 11 is 0. The molecular weight excluding hydrogens is 452 g/mol. The molecule has 0 saturated heterocycles. The molecule has 31 heavy (non-hydrogen) atoms. The van der Waals surface area contributed by atoms with Crippen LogP contribution in [0.4, 0.5) is 22.7 Å². The minimum Gasteiger partial charge on any atom is -0.744 e. The van der Waals surface area contributed by atoms with Crippen molar-refractivity contribution in [1.82, 2.24) is 10.2 Å². The van der Waals surface area contributed by atoms with E-state index in [1.165, 1.54) is 18.2 Å². The molecule has 0 saturated carbocycles. The Morgan fingerprint density at radius 2 is 1.39 bits per heavy atom. The van der Waals surface area contributed by atoms with Gasteiger partial charge in [0.2, 0.25) is 0 Å². The lowest BCUT2D eigenvalue weighted by Gasteiger charge is -2.09. The van der Waals surface area contributed by atoms with Gasteiger partial charge in [0, 0.05) is 0 Å². The van der Waals surface area contributed by atoms with Gasteiger partial charge in [-0.05, 0) is 49.4 Å². The van der Waals surface area contributed by atoms with Crippen LogP contribution < -0.4 is 5.56 Å². The summed E-state index contributed by atoms with van der Waals surface area (Å²) in [5.41, 5.74) is -0.453. The first-order valence-electron chi connectivity index (χ1n) is 8.22. The van der Waals surface area contributed by atoms with E-state index < -0.39 is 35.6 Å². The van der Waals surface area contributed by atoms with E-state index in [0.717, 1.165) is 24.3 Å². The summed E-state index contributed by atoms with van der Waals surface area (Å²) in [5.74, 6) is 0. The number of aromatic amines is 2. The van der Waals surface area contributed by atoms with Crippen LogP contribution in [0, 0.1) is 6.92 Å². The number of rotatable bonds is 6. The number of H-pyrrole nitrogens is 2. The topological polar surface area (TPSA) is 212 Å². The largest absolute Gasteiger partial charge is 0.744 e. The summed E-state index contributed by atoms with van der Waals surface area (Å²) in [7, 11) is -9.58. The van der Waals surface area contributed by atoms with Gasteiger partial charge in [-0.15, -0.1) is 10.2 Å². The fourth-order valence-electron chi connectivity index (χ4n) is 2.31. The van der Waals surface area contributed by atoms with Crippen molar-refractivity contribution < 1.29 is 25.9 Å². The molecule has 1 heterocycles. The van der Waals surface area contributed by atoms with Gasteiger partial charge in [-0.2, -0.15) is 10.2 Å². The van der Waals surface area contributed by atoms with Gasteiger partial charge in [0.25, 0.3) is 5.56 Å². The third-order valence-corrected chi connectivity index (χ3v) is 5.53. The Balaban J connectivity index is 1.93. The van der Waals surface area contributed by atoms with Gasteiger partial charge >= 0.3 is 0 Å². The fourth-order valence-corrected chi connectivity index (χ4v) is 3.41. The predicted molar refractivity (Wildman–Crippen MR) is 103 cm³/mol. The summed E-state index contributed by atoms with van der Waals surface area (Å²) in [6.45, 7) is 1.54. The molecule has 0 unspecified atom stereocenters. The van der Waals surface area contributed by atoms with E-state index in [4.69, 9.17) is 0 Å². The highest BCUT2D eigenvalue weighted by atomic mass is 32.2. The van der Waals surface area contributed by atoms with Crippen LogP contribution in [-0.2, 0) is 20.2 Å². The van der Waals surface area contributed by atoms with Crippen molar-refractivity contribution in [3.63, 3.8) is 0 Å². The van der Waals surface area contributed by atoms with E-state index in [9.17, 15) is 30.7 Å². The third-order valence-electron chi connectivity index (χ3n) is 3.81. The Hall–Kier alpha value is -3.53. The smallest absolute Gasteiger partial charge is 0.291 e. The molecule has 2 N–H and O–H groups in total. The van der Waals surface area contributed by atoms with E-state index in [2.05, 4.69) is 30.7 Å². The standard InChI is InChI=1S/C16H14N6O7S2/c1-9-15(16(23)22-17-9)21-20-13-7-4-11(8-14(13)31(27,28)29)19-18-10-2-5-12(6-3-10)30(24,25)26/h2-8H,1H3,(H2,17,22,23)(H,24,25,26)(H,27,28,29)/p-2. The van der Waals surface area contributed by atoms with Gasteiger partial charge in [-0.3, -0.25) is 9.89 Å². The first kappa shape index (κ1) is 22.2. The number of hydrogen-bond acceptors (Lipinski definition) is 11. The molecule has 1 aromatic heterocycles. The maximum atomic E-state index is 11.6. The lowest BCUT2D eigenvalue weighted by molar-refractivity contribution is 0.461. The number of aromatic nitrogens is 2. The van der Waals surface area contributed by atoms with Crippen LogP contribution in [0.25, 0.3) is 0 Å². The van der Waals surface area contributed by atoms with Crippen LogP contribution in [0.5, 0.6) is 0 Å². The predicted octanol–water partition coefficient (Wildman–Crippen LogP) is 2.65. The molecule has 0 aliphatic carbocycles. The van der Waals surface area contributed by atoms with Crippen molar-refractivity contribution in [3.05, 3.63) is 58.5 Å². The number of hydrogen-bond donors (Lipinski definition) is 2. The zero-order valence-corrected chi connectivity index (χ0v) is 17.1. The Morgan fingerprint density at radius 1 is 0.774 bits per heavy atom. The SMILES string of the molecule is Cc1[nH][nH]c(=O)c1N=Nc1ccc(N=Nc2ccc(S(=O)(=O)[O-])cc2)cc1S(=O)(=O)[O-]. The number of aryl methyl sites for hydroxylation is 1. The zero-order valence-electron chi connectivity index (χ0n) is 15.5. The number of benzene rings is 2. The summed E-state index contributed by atoms with van der Waals surface area (Å²) in [5, 5.41) is 19.7. The van der Waals surface area contributed by atoms with Crippen molar-refractivity contribution in [2.45, 2.75) is 16.7 Å². The van der Waals surface area contributed by atoms with Crippen molar-refractivity contribution in [2.75, 3.05) is 0 Å². The van der Waals surface area contributed by atoms with Crippen molar-refractivity contribution in [2.24, 2.45) is 20.5 Å². The van der Waals surface area contributed by atoms with Crippen LogP contribution in [0.15, 0.2) is 77.5 Å². The summed E-state index contributed by atoms with van der Waals surface area (Å²) < 4.78 is 67.6. The lowest BCUT2D eigenvalue weighted by atomic mass is 10.3. The first-order chi connectivity index (χ1) is 14.4. The lowest BCUT2D eigenvalue weighted by Crippen LogP contribution is -1.99. The normalized spacial score (nSPS) is 12.7. The molecule has 13 nitrogen and oxygen atoms in total. The average Bonchev–Trinajstić information content (AvgIpc) is 3.01. The zero-order chi connectivity index (χ0) is 22.8. The fraction of sp³-hybridized carbons (Fsp3) is 0.0625. The van der Waals surface area contributed by atoms with E-state index in [0.29, 0.717) is 5.69 Å². The molecule has 0 radical (unpaired) electrons. The van der Waals surface area contributed by atoms with Crippen molar-refractivity contribution >= 4 is 43.0 Å². The van der Waals surface area contributed by atoms with Gasteiger partial charge in [-0.25, -0.2) is 16.8 Å². The monoisotopic (exact) mass is 464 g/mol. The first-order valence-corrected chi connectivity index (χ1v) is 11.0. The van der Waals surface area contributed by atoms with Crippen molar-refractivity contribution in [1.29, 1.82) is 0 Å². The minimum absolute atomic E-state index is 0.0235. The maximum absolute atomic E-state index is 11.6. The molecule has 15 heteroatoms. The van der Waals surface area contributed by atoms with E-state index in [1.807, 2.05) is 0 Å². The highest BCUT2D eigenvalue weighted by Crippen LogP contribution is 2.31. The van der Waals surface area contributed by atoms with Crippen LogP contribution in [0.2, 0.25) is 0 Å². The molecule has 162 valence electrons. The molecule has 3 rings (SSSR count). The summed E-state index contributed by atoms with van der Waals surface area (Å²) in [6.07, 6.45) is 0. The van der Waals surface area contributed by atoms with Gasteiger partial charge in [0.05, 0.1) is 26.9 Å². The highest BCUT2D eigenvalue weighted by Gasteiger charge is 2.12.